The van der Waals surface area contributed by atoms with E-state index in [9.17, 15) is 5.21 Å². The van der Waals surface area contributed by atoms with Crippen molar-refractivity contribution in [3.63, 3.8) is 0 Å². The van der Waals surface area contributed by atoms with Gasteiger partial charge < -0.3 is 10.3 Å². The average Bonchev–Trinajstić information content (AvgIpc) is 1.99. The molecule has 0 aliphatic rings. The van der Waals surface area contributed by atoms with Gasteiger partial charge in [0.2, 0.25) is 0 Å². The second kappa shape index (κ2) is 3.18. The Balaban J connectivity index is 2.96. The molecule has 60 valence electrons. The van der Waals surface area contributed by atoms with Crippen LogP contribution in [-0.4, -0.2) is 10.1 Å². The minimum Gasteiger partial charge on any atom is -0.708 e. The highest BCUT2D eigenvalue weighted by molar-refractivity contribution is 4.95. The Labute approximate surface area is 64.7 Å². The van der Waals surface area contributed by atoms with Gasteiger partial charge in [-0.1, -0.05) is 6.92 Å². The minimum atomic E-state index is -0.476. The summed E-state index contributed by atoms with van der Waals surface area (Å²) >= 11 is 0. The largest absolute Gasteiger partial charge is 0.708 e. The smallest absolute Gasteiger partial charge is 0.499 e. The lowest BCUT2D eigenvalue weighted by Gasteiger charge is -2.05. The van der Waals surface area contributed by atoms with Crippen molar-refractivity contribution in [3.8, 4) is 6.01 Å². The molecule has 1 N–H and O–H groups in total. The van der Waals surface area contributed by atoms with Crippen LogP contribution in [-0.2, 0) is 6.42 Å². The van der Waals surface area contributed by atoms with Crippen molar-refractivity contribution in [1.82, 2.24) is 4.98 Å². The molecule has 0 bridgehead atoms. The zero-order valence-electron chi connectivity index (χ0n) is 6.32. The Hall–Kier alpha value is -1.32. The molecule has 0 fully saturated rings. The van der Waals surface area contributed by atoms with Crippen molar-refractivity contribution in [1.29, 1.82) is 0 Å². The van der Waals surface area contributed by atoms with Gasteiger partial charge in [-0.15, -0.1) is 0 Å². The monoisotopic (exact) mass is 154 g/mol. The summed E-state index contributed by atoms with van der Waals surface area (Å²) in [7, 11) is 0. The van der Waals surface area contributed by atoms with Crippen molar-refractivity contribution in [2.75, 3.05) is 0 Å². The van der Waals surface area contributed by atoms with Crippen molar-refractivity contribution < 1.29 is 9.84 Å². The van der Waals surface area contributed by atoms with Gasteiger partial charge in [0.15, 0.2) is 0 Å². The highest BCUT2D eigenvalue weighted by atomic mass is 16.5. The van der Waals surface area contributed by atoms with Crippen molar-refractivity contribution in [2.24, 2.45) is 0 Å². The average molecular weight is 154 g/mol. The number of rotatable bonds is 2. The van der Waals surface area contributed by atoms with Crippen molar-refractivity contribution in [2.45, 2.75) is 19.8 Å². The molecule has 0 aromatic carbocycles. The molecule has 0 unspecified atom stereocenters. The van der Waals surface area contributed by atoms with Gasteiger partial charge in [-0.25, -0.2) is 0 Å². The fraction of sp³-hybridized carbons (Fsp3) is 0.429. The highest BCUT2D eigenvalue weighted by Crippen LogP contribution is 1.99. The maximum atomic E-state index is 11.0. The molecule has 0 aliphatic heterocycles. The molecule has 0 spiro atoms. The quantitative estimate of drug-likeness (QED) is 0.494. The first-order valence-corrected chi connectivity index (χ1v) is 3.52. The van der Waals surface area contributed by atoms with E-state index < -0.39 is 6.01 Å². The summed E-state index contributed by atoms with van der Waals surface area (Å²) in [6.45, 7) is 1.97. The third-order valence-electron chi connectivity index (χ3n) is 1.41. The van der Waals surface area contributed by atoms with Crippen LogP contribution in [0.1, 0.15) is 19.0 Å². The Morgan fingerprint density at radius 2 is 2.45 bits per heavy atom. The van der Waals surface area contributed by atoms with E-state index in [2.05, 4.69) is 4.98 Å². The van der Waals surface area contributed by atoms with Crippen LogP contribution in [0.2, 0.25) is 0 Å². The van der Waals surface area contributed by atoms with Crippen LogP contribution in [0.4, 0.5) is 0 Å². The van der Waals surface area contributed by atoms with Gasteiger partial charge in [-0.3, -0.25) is 0 Å². The van der Waals surface area contributed by atoms with Gasteiger partial charge in [0.05, 0.1) is 0 Å². The Morgan fingerprint density at radius 1 is 1.73 bits per heavy atom. The Kier molecular flexibility index (Phi) is 2.25. The molecule has 1 heterocycles. The van der Waals surface area contributed by atoms with E-state index in [1.165, 1.54) is 6.20 Å². The predicted molar refractivity (Wildman–Crippen MR) is 38.9 cm³/mol. The summed E-state index contributed by atoms with van der Waals surface area (Å²) < 4.78 is 0.448. The molecule has 1 rings (SSSR count). The maximum Gasteiger partial charge on any atom is 0.499 e. The van der Waals surface area contributed by atoms with E-state index in [0.29, 0.717) is 16.8 Å². The molecule has 1 aromatic rings. The molecule has 0 saturated carbocycles. The first kappa shape index (κ1) is 7.78. The molecule has 0 atom stereocenters. The van der Waals surface area contributed by atoms with E-state index >= 15 is 0 Å². The standard InChI is InChI=1S/C7H10N2O2/c1-2-3-6-4-5-8-7(10)9(6)11/h4-5H,2-3H2,1H3,(H,8,10). The third-order valence-corrected chi connectivity index (χ3v) is 1.41. The van der Waals surface area contributed by atoms with E-state index in [0.717, 1.165) is 6.42 Å². The summed E-state index contributed by atoms with van der Waals surface area (Å²) in [4.78, 5) is 3.43. The summed E-state index contributed by atoms with van der Waals surface area (Å²) in [6.07, 6.45) is 2.97. The topological polar surface area (TPSA) is 60.1 Å². The molecule has 4 nitrogen and oxygen atoms in total. The van der Waals surface area contributed by atoms with E-state index in [1.54, 1.807) is 6.07 Å². The Morgan fingerprint density at radius 3 is 3.09 bits per heavy atom. The summed E-state index contributed by atoms with van der Waals surface area (Å²) in [5.41, 5.74) is 0.556. The van der Waals surface area contributed by atoms with Crippen LogP contribution in [0.15, 0.2) is 12.3 Å². The van der Waals surface area contributed by atoms with E-state index in [1.807, 2.05) is 6.92 Å². The van der Waals surface area contributed by atoms with E-state index in [-0.39, 0.29) is 0 Å². The number of aromatic nitrogens is 2. The number of hydrogen-bond acceptors (Lipinski definition) is 3. The fourth-order valence-corrected chi connectivity index (χ4v) is 0.880. The minimum absolute atomic E-state index is 0.448. The lowest BCUT2D eigenvalue weighted by molar-refractivity contribution is -0.625. The summed E-state index contributed by atoms with van der Waals surface area (Å²) in [5, 5.41) is 19.8. The van der Waals surface area contributed by atoms with Gasteiger partial charge in [0, 0.05) is 12.5 Å². The van der Waals surface area contributed by atoms with Crippen LogP contribution in [0, 0.1) is 5.21 Å². The van der Waals surface area contributed by atoms with Crippen LogP contribution < -0.4 is 4.73 Å². The van der Waals surface area contributed by atoms with E-state index in [4.69, 9.17) is 5.11 Å². The van der Waals surface area contributed by atoms with Gasteiger partial charge in [0.25, 0.3) is 0 Å². The van der Waals surface area contributed by atoms with Crippen LogP contribution in [0.25, 0.3) is 0 Å². The van der Waals surface area contributed by atoms with Crippen molar-refractivity contribution >= 4 is 0 Å². The molecule has 0 radical (unpaired) electrons. The molecular weight excluding hydrogens is 144 g/mol. The van der Waals surface area contributed by atoms with Gasteiger partial charge in [-0.2, -0.15) is 4.73 Å². The SMILES string of the molecule is CCCc1ccnc(O)[n+]1[O-]. The number of aryl methyl sites for hydroxylation is 1. The lowest BCUT2D eigenvalue weighted by atomic mass is 10.2. The molecule has 11 heavy (non-hydrogen) atoms. The van der Waals surface area contributed by atoms with Gasteiger partial charge in [0.1, 0.15) is 11.9 Å². The van der Waals surface area contributed by atoms with Crippen molar-refractivity contribution in [3.05, 3.63) is 23.2 Å². The predicted octanol–water partition coefficient (Wildman–Crippen LogP) is 0.373. The molecule has 4 heteroatoms. The first-order chi connectivity index (χ1) is 5.25. The molecule has 0 amide bonds. The van der Waals surface area contributed by atoms with Crippen LogP contribution >= 0.6 is 0 Å². The van der Waals surface area contributed by atoms with Gasteiger partial charge in [-0.05, 0) is 11.4 Å². The summed E-state index contributed by atoms with van der Waals surface area (Å²) in [5.74, 6) is 0. The number of hydrogen-bond donors (Lipinski definition) is 1. The number of nitrogens with zero attached hydrogens (tertiary/aromatic N) is 2. The molecule has 0 saturated heterocycles. The second-order valence-electron chi connectivity index (χ2n) is 2.28. The third kappa shape index (κ3) is 1.58. The maximum absolute atomic E-state index is 11.0. The normalized spacial score (nSPS) is 9.91. The second-order valence-corrected chi connectivity index (χ2v) is 2.28. The highest BCUT2D eigenvalue weighted by Gasteiger charge is 2.06. The zero-order valence-corrected chi connectivity index (χ0v) is 6.32. The summed E-state index contributed by atoms with van der Waals surface area (Å²) in [6, 6.07) is 1.13. The van der Waals surface area contributed by atoms with Gasteiger partial charge >= 0.3 is 6.01 Å². The molecular formula is C7H10N2O2. The Bertz CT molecular complexity index is 250. The molecule has 0 aliphatic carbocycles. The molecule has 1 aromatic heterocycles. The van der Waals surface area contributed by atoms with Crippen LogP contribution in [0.3, 0.4) is 0 Å². The van der Waals surface area contributed by atoms with Crippen LogP contribution in [0.5, 0.6) is 6.01 Å². The first-order valence-electron chi connectivity index (χ1n) is 3.52. The lowest BCUT2D eigenvalue weighted by Crippen LogP contribution is -2.32. The number of aromatic hydroxyl groups is 1. The fourth-order valence-electron chi connectivity index (χ4n) is 0.880. The zero-order chi connectivity index (χ0) is 8.27.